The van der Waals surface area contributed by atoms with Crippen LogP contribution in [0.2, 0.25) is 0 Å². The van der Waals surface area contributed by atoms with Crippen LogP contribution in [0.25, 0.3) is 11.2 Å². The lowest BCUT2D eigenvalue weighted by atomic mass is 9.98. The van der Waals surface area contributed by atoms with Gasteiger partial charge in [0, 0.05) is 0 Å². The van der Waals surface area contributed by atoms with Crippen LogP contribution < -0.4 is 10.5 Å². The lowest BCUT2D eigenvalue weighted by molar-refractivity contribution is -0.0733. The number of rotatable bonds is 5. The van der Waals surface area contributed by atoms with Crippen LogP contribution in [0, 0.1) is 0 Å². The third-order valence-electron chi connectivity index (χ3n) is 4.60. The molecule has 5 atom stereocenters. The van der Waals surface area contributed by atoms with Gasteiger partial charge in [0.2, 0.25) is 11.8 Å². The second-order valence-electron chi connectivity index (χ2n) is 7.25. The highest BCUT2D eigenvalue weighted by molar-refractivity contribution is 7.48. The molecule has 4 heterocycles. The molecular weight excluding hydrogens is 408 g/mol. The maximum Gasteiger partial charge on any atom is 0.475 e. The van der Waals surface area contributed by atoms with E-state index in [2.05, 4.69) is 15.0 Å². The van der Waals surface area contributed by atoms with Crippen molar-refractivity contribution in [2.45, 2.75) is 57.9 Å². The molecule has 0 aliphatic carbocycles. The van der Waals surface area contributed by atoms with E-state index in [-0.39, 0.29) is 24.1 Å². The van der Waals surface area contributed by atoms with Crippen molar-refractivity contribution < 1.29 is 32.0 Å². The first-order chi connectivity index (χ1) is 13.6. The molecule has 4 rings (SSSR count). The molecule has 0 radical (unpaired) electrons. The number of ether oxygens (including phenoxy) is 2. The summed E-state index contributed by atoms with van der Waals surface area (Å²) in [5, 5.41) is 0. The predicted molar refractivity (Wildman–Crippen MR) is 99.0 cm³/mol. The van der Waals surface area contributed by atoms with Gasteiger partial charge in [0.05, 0.1) is 25.6 Å². The van der Waals surface area contributed by atoms with Gasteiger partial charge in [-0.15, -0.1) is 0 Å². The molecule has 0 amide bonds. The Labute approximate surface area is 166 Å². The molecular formula is C16H23FN5O6P. The van der Waals surface area contributed by atoms with Gasteiger partial charge in [0.15, 0.2) is 23.1 Å². The molecule has 0 aromatic carbocycles. The Bertz CT molecular complexity index is 969. The van der Waals surface area contributed by atoms with Crippen LogP contribution in [-0.4, -0.2) is 56.7 Å². The first kappa shape index (κ1) is 20.4. The van der Waals surface area contributed by atoms with E-state index >= 15 is 4.39 Å². The topological polar surface area (TPSA) is 133 Å². The lowest BCUT2D eigenvalue weighted by Gasteiger charge is -2.34. The van der Waals surface area contributed by atoms with E-state index in [4.69, 9.17) is 28.8 Å². The van der Waals surface area contributed by atoms with Crippen molar-refractivity contribution in [3.63, 3.8) is 0 Å². The zero-order valence-electron chi connectivity index (χ0n) is 16.4. The van der Waals surface area contributed by atoms with Gasteiger partial charge in [-0.25, -0.2) is 13.9 Å². The van der Waals surface area contributed by atoms with Gasteiger partial charge in [-0.1, -0.05) is 0 Å². The molecule has 2 unspecified atom stereocenters. The molecule has 2 saturated heterocycles. The number of hydrogen-bond donors (Lipinski definition) is 1. The molecule has 2 fully saturated rings. The van der Waals surface area contributed by atoms with Crippen molar-refractivity contribution in [2.24, 2.45) is 0 Å². The first-order valence-electron chi connectivity index (χ1n) is 9.23. The van der Waals surface area contributed by atoms with Gasteiger partial charge in [-0.3, -0.25) is 18.1 Å². The second kappa shape index (κ2) is 7.13. The summed E-state index contributed by atoms with van der Waals surface area (Å²) in [6, 6.07) is 0. The number of imidazole rings is 1. The quantitative estimate of drug-likeness (QED) is 0.704. The molecule has 2 aromatic heterocycles. The number of aromatic nitrogens is 4. The molecule has 2 aliphatic heterocycles. The number of anilines is 1. The lowest BCUT2D eigenvalue weighted by Crippen LogP contribution is -2.45. The van der Waals surface area contributed by atoms with Crippen molar-refractivity contribution in [2.75, 3.05) is 18.9 Å². The summed E-state index contributed by atoms with van der Waals surface area (Å²) < 4.78 is 57.2. The minimum Gasteiger partial charge on any atom is -0.476 e. The number of hydrogen-bond acceptors (Lipinski definition) is 10. The van der Waals surface area contributed by atoms with Gasteiger partial charge in [0.25, 0.3) is 0 Å². The highest BCUT2D eigenvalue weighted by Gasteiger charge is 2.61. The second-order valence-corrected chi connectivity index (χ2v) is 8.82. The monoisotopic (exact) mass is 431 g/mol. The largest absolute Gasteiger partial charge is 0.476 e. The Kier molecular flexibility index (Phi) is 5.02. The number of alkyl halides is 1. The number of nitrogen functional groups attached to an aromatic ring is 1. The average molecular weight is 431 g/mol. The number of nitrogens with two attached hydrogens (primary N) is 1. The van der Waals surface area contributed by atoms with Crippen molar-refractivity contribution >= 4 is 24.9 Å². The van der Waals surface area contributed by atoms with Gasteiger partial charge < -0.3 is 15.2 Å². The van der Waals surface area contributed by atoms with E-state index in [0.717, 1.165) is 0 Å². The van der Waals surface area contributed by atoms with E-state index in [9.17, 15) is 4.57 Å². The van der Waals surface area contributed by atoms with Crippen LogP contribution in [0.5, 0.6) is 5.88 Å². The number of phosphoric ester groups is 1. The maximum absolute atomic E-state index is 15.9. The first-order valence-corrected chi connectivity index (χ1v) is 10.7. The fourth-order valence-electron chi connectivity index (χ4n) is 3.47. The Morgan fingerprint density at radius 3 is 2.93 bits per heavy atom. The third kappa shape index (κ3) is 3.49. The third-order valence-corrected chi connectivity index (χ3v) is 6.23. The summed E-state index contributed by atoms with van der Waals surface area (Å²) in [5.41, 5.74) is 4.25. The van der Waals surface area contributed by atoms with E-state index in [1.54, 1.807) is 20.8 Å². The highest BCUT2D eigenvalue weighted by Crippen LogP contribution is 2.60. The van der Waals surface area contributed by atoms with E-state index in [1.807, 2.05) is 0 Å². The number of halogens is 1. The number of fused-ring (bicyclic) bond motifs is 2. The van der Waals surface area contributed by atoms with Crippen LogP contribution in [0.1, 0.15) is 33.9 Å². The maximum atomic E-state index is 15.9. The number of nitrogens with zero attached hydrogens (tertiary/aromatic N) is 4. The minimum atomic E-state index is -3.91. The summed E-state index contributed by atoms with van der Waals surface area (Å²) >= 11 is 0. The summed E-state index contributed by atoms with van der Waals surface area (Å²) in [5.74, 6) is 0.146. The molecule has 11 nitrogen and oxygen atoms in total. The SMILES string of the molecule is CCOc1nc(N)nc2c1ncn2C1O[C@@H]2COP(=O)(OC(C)C)O[C@H]2[C@@]1(C)F. The summed E-state index contributed by atoms with van der Waals surface area (Å²) in [6.45, 7) is 6.66. The minimum absolute atomic E-state index is 0.0481. The molecule has 2 aliphatic rings. The normalized spacial score (nSPS) is 34.6. The Balaban J connectivity index is 1.70. The molecule has 13 heteroatoms. The van der Waals surface area contributed by atoms with Crippen molar-refractivity contribution in [3.8, 4) is 5.88 Å². The molecule has 0 saturated carbocycles. The summed E-state index contributed by atoms with van der Waals surface area (Å²) in [7, 11) is -3.91. The molecule has 0 bridgehead atoms. The van der Waals surface area contributed by atoms with Gasteiger partial charge in [-0.2, -0.15) is 9.97 Å². The fraction of sp³-hybridized carbons (Fsp3) is 0.688. The Hall–Kier alpha value is -1.85. The zero-order chi connectivity index (χ0) is 21.0. The van der Waals surface area contributed by atoms with Gasteiger partial charge >= 0.3 is 7.82 Å². The van der Waals surface area contributed by atoms with Gasteiger partial charge in [-0.05, 0) is 27.7 Å². The zero-order valence-corrected chi connectivity index (χ0v) is 17.3. The van der Waals surface area contributed by atoms with Crippen molar-refractivity contribution in [1.29, 1.82) is 0 Å². The molecule has 2 aromatic rings. The van der Waals surface area contributed by atoms with Crippen LogP contribution in [0.15, 0.2) is 6.33 Å². The van der Waals surface area contributed by atoms with E-state index < -0.39 is 38.0 Å². The summed E-state index contributed by atoms with van der Waals surface area (Å²) in [6.07, 6.45) is -2.20. The van der Waals surface area contributed by atoms with Gasteiger partial charge in [0.1, 0.15) is 12.2 Å². The van der Waals surface area contributed by atoms with Crippen LogP contribution in [0.3, 0.4) is 0 Å². The average Bonchev–Trinajstić information content (AvgIpc) is 3.13. The Morgan fingerprint density at radius 2 is 2.24 bits per heavy atom. The Morgan fingerprint density at radius 1 is 1.48 bits per heavy atom. The van der Waals surface area contributed by atoms with Crippen LogP contribution in [0.4, 0.5) is 10.3 Å². The smallest absolute Gasteiger partial charge is 0.475 e. The van der Waals surface area contributed by atoms with Crippen molar-refractivity contribution in [3.05, 3.63) is 6.33 Å². The highest BCUT2D eigenvalue weighted by atomic mass is 31.2. The molecule has 2 N–H and O–H groups in total. The van der Waals surface area contributed by atoms with E-state index in [1.165, 1.54) is 17.8 Å². The van der Waals surface area contributed by atoms with Crippen LogP contribution in [-0.2, 0) is 22.9 Å². The molecule has 29 heavy (non-hydrogen) atoms. The molecule has 0 spiro atoms. The molecule has 160 valence electrons. The summed E-state index contributed by atoms with van der Waals surface area (Å²) in [4.78, 5) is 12.4. The van der Waals surface area contributed by atoms with Crippen LogP contribution >= 0.6 is 7.82 Å². The fourth-order valence-corrected chi connectivity index (χ4v) is 5.11. The van der Waals surface area contributed by atoms with Crippen molar-refractivity contribution in [1.82, 2.24) is 19.5 Å². The van der Waals surface area contributed by atoms with E-state index in [0.29, 0.717) is 12.1 Å². The standard InChI is InChI=1S/C16H23FN5O6P/c1-5-24-13-10-12(20-15(18)21-13)22(7-19-10)14-16(4,17)11-9(26-14)6-25-29(23,28-11)27-8(2)3/h7-9,11,14H,5-6H2,1-4H3,(H2,18,20,21)/t9-,11-,14?,16-,29?/m1/s1. The number of phosphoric acid groups is 1. The predicted octanol–water partition coefficient (Wildman–Crippen LogP) is 2.38.